The number of nitrogens with one attached hydrogen (secondary N) is 4. The minimum Gasteiger partial charge on any atom is -0.399 e. The van der Waals surface area contributed by atoms with E-state index >= 15 is 0 Å². The van der Waals surface area contributed by atoms with Gasteiger partial charge < -0.3 is 43.9 Å². The average Bonchev–Trinajstić information content (AvgIpc) is 3.45. The van der Waals surface area contributed by atoms with Crippen molar-refractivity contribution < 1.29 is 14.4 Å². The fourth-order valence-electron chi connectivity index (χ4n) is 4.94. The Morgan fingerprint density at radius 3 is 2.18 bits per heavy atom. The van der Waals surface area contributed by atoms with Crippen molar-refractivity contribution in [1.29, 1.82) is 0 Å². The number of nitrogens with zero attached hydrogens (tertiary/aromatic N) is 1. The number of nitrogens with two attached hydrogens (primary N) is 4. The van der Waals surface area contributed by atoms with E-state index in [-0.39, 0.29) is 31.3 Å². The number of para-hydroxylation sites is 1. The first-order valence-corrected chi connectivity index (χ1v) is 14.8. The van der Waals surface area contributed by atoms with Gasteiger partial charge in [-0.15, -0.1) is 0 Å². The Morgan fingerprint density at radius 2 is 1.44 bits per heavy atom. The number of rotatable bonds is 15. The Bertz CT molecular complexity index is 1600. The lowest BCUT2D eigenvalue weighted by Crippen LogP contribution is -2.56. The number of benzene rings is 3. The molecule has 0 saturated heterocycles. The zero-order chi connectivity index (χ0) is 32.2. The summed E-state index contributed by atoms with van der Waals surface area (Å²) in [6, 6.07) is 21.4. The van der Waals surface area contributed by atoms with Crippen LogP contribution < -0.4 is 38.9 Å². The molecular weight excluding hydrogens is 570 g/mol. The number of anilines is 1. The maximum absolute atomic E-state index is 13.9. The lowest BCUT2D eigenvalue weighted by Gasteiger charge is -2.24. The van der Waals surface area contributed by atoms with E-state index in [0.717, 1.165) is 27.6 Å². The Hall–Kier alpha value is -5.36. The zero-order valence-corrected chi connectivity index (χ0v) is 25.0. The van der Waals surface area contributed by atoms with Gasteiger partial charge in [-0.1, -0.05) is 60.7 Å². The van der Waals surface area contributed by atoms with Crippen molar-refractivity contribution in [3.63, 3.8) is 0 Å². The van der Waals surface area contributed by atoms with E-state index < -0.39 is 29.9 Å². The van der Waals surface area contributed by atoms with Crippen LogP contribution in [0.2, 0.25) is 0 Å². The Labute approximate surface area is 262 Å². The highest BCUT2D eigenvalue weighted by Gasteiger charge is 2.29. The van der Waals surface area contributed by atoms with E-state index in [1.807, 2.05) is 72.9 Å². The van der Waals surface area contributed by atoms with E-state index in [9.17, 15) is 14.4 Å². The van der Waals surface area contributed by atoms with E-state index in [0.29, 0.717) is 25.1 Å². The summed E-state index contributed by atoms with van der Waals surface area (Å²) in [7, 11) is 0. The highest BCUT2D eigenvalue weighted by molar-refractivity contribution is 5.94. The molecule has 0 aliphatic carbocycles. The summed E-state index contributed by atoms with van der Waals surface area (Å²) in [6.45, 7) is 0.617. The van der Waals surface area contributed by atoms with Gasteiger partial charge in [-0.05, 0) is 47.7 Å². The first-order valence-electron chi connectivity index (χ1n) is 14.8. The van der Waals surface area contributed by atoms with Crippen LogP contribution in [0.5, 0.6) is 0 Å². The fourth-order valence-corrected chi connectivity index (χ4v) is 4.94. The van der Waals surface area contributed by atoms with Crippen molar-refractivity contribution in [3.8, 4) is 0 Å². The number of aromatic nitrogens is 1. The summed E-state index contributed by atoms with van der Waals surface area (Å²) in [4.78, 5) is 47.7. The lowest BCUT2D eigenvalue weighted by atomic mass is 10.0. The van der Waals surface area contributed by atoms with Gasteiger partial charge in [-0.25, -0.2) is 0 Å². The molecule has 0 spiro atoms. The second-order valence-corrected chi connectivity index (χ2v) is 10.9. The molecule has 3 atom stereocenters. The minimum absolute atomic E-state index is 0.0372. The van der Waals surface area contributed by atoms with Gasteiger partial charge in [0.2, 0.25) is 17.7 Å². The molecule has 12 N–H and O–H groups in total. The molecule has 236 valence electrons. The number of H-pyrrole nitrogens is 1. The molecule has 4 aromatic rings. The quantitative estimate of drug-likeness (QED) is 0.0424. The fraction of sp³-hybridized carbons (Fsp3) is 0.273. The van der Waals surface area contributed by atoms with Gasteiger partial charge in [-0.3, -0.25) is 19.4 Å². The van der Waals surface area contributed by atoms with Crippen LogP contribution in [0.15, 0.2) is 90.1 Å². The van der Waals surface area contributed by atoms with Gasteiger partial charge in [0.1, 0.15) is 12.1 Å². The number of carbonyl (C=O) groups is 3. The van der Waals surface area contributed by atoms with Gasteiger partial charge in [-0.2, -0.15) is 0 Å². The van der Waals surface area contributed by atoms with Crippen LogP contribution in [0.1, 0.15) is 29.5 Å². The average molecular weight is 612 g/mol. The molecule has 0 unspecified atom stereocenters. The molecule has 3 amide bonds. The van der Waals surface area contributed by atoms with Gasteiger partial charge in [0.05, 0.1) is 6.04 Å². The number of carbonyl (C=O) groups excluding carboxylic acids is 3. The third-order valence-corrected chi connectivity index (χ3v) is 7.40. The molecular formula is C33H41N9O3. The smallest absolute Gasteiger partial charge is 0.243 e. The maximum Gasteiger partial charge on any atom is 0.243 e. The van der Waals surface area contributed by atoms with Crippen LogP contribution in [-0.2, 0) is 33.8 Å². The van der Waals surface area contributed by atoms with Crippen molar-refractivity contribution >= 4 is 40.3 Å². The number of hydrogen-bond acceptors (Lipinski definition) is 6. The summed E-state index contributed by atoms with van der Waals surface area (Å²) < 4.78 is 0. The Balaban J connectivity index is 1.53. The SMILES string of the molecule is NC(N)=NCCC[C@H](N)C(=O)N[C@@H](Cc1c[nH]c2ccccc12)C(=O)N[C@@H](Cc1ccc(N)cc1)C(=O)NCc1ccccc1. The number of aromatic amines is 1. The van der Waals surface area contributed by atoms with Crippen molar-refractivity contribution in [2.45, 2.75) is 50.4 Å². The van der Waals surface area contributed by atoms with Gasteiger partial charge in [0.15, 0.2) is 5.96 Å². The van der Waals surface area contributed by atoms with Gasteiger partial charge in [0.25, 0.3) is 0 Å². The molecule has 0 aliphatic rings. The molecule has 3 aromatic carbocycles. The second-order valence-electron chi connectivity index (χ2n) is 10.9. The standard InChI is InChI=1S/C33H41N9O3/c34-24-14-12-21(13-15-24)17-28(31(44)40-19-22-7-2-1-3-8-22)42-32(45)29(18-23-20-39-27-11-5-4-9-25(23)27)41-30(43)26(35)10-6-16-38-33(36)37/h1-5,7-9,11-15,20,26,28-29,39H,6,10,16-19,34-35H2,(H,40,44)(H,41,43)(H,42,45)(H4,36,37,38)/t26-,28-,29-/m0/s1. The van der Waals surface area contributed by atoms with E-state index in [4.69, 9.17) is 22.9 Å². The molecule has 45 heavy (non-hydrogen) atoms. The van der Waals surface area contributed by atoms with E-state index in [2.05, 4.69) is 25.9 Å². The molecule has 0 radical (unpaired) electrons. The molecule has 0 fully saturated rings. The third kappa shape index (κ3) is 9.83. The molecule has 0 bridgehead atoms. The third-order valence-electron chi connectivity index (χ3n) is 7.40. The minimum atomic E-state index is -1.02. The van der Waals surface area contributed by atoms with Gasteiger partial charge >= 0.3 is 0 Å². The van der Waals surface area contributed by atoms with Crippen LogP contribution in [0, 0.1) is 0 Å². The zero-order valence-electron chi connectivity index (χ0n) is 25.0. The number of guanidine groups is 1. The maximum atomic E-state index is 13.9. The van der Waals surface area contributed by atoms with Crippen LogP contribution in [0.25, 0.3) is 10.9 Å². The lowest BCUT2D eigenvalue weighted by molar-refractivity contribution is -0.132. The molecule has 0 aliphatic heterocycles. The Kier molecular flexibility index (Phi) is 11.5. The largest absolute Gasteiger partial charge is 0.399 e. The predicted molar refractivity (Wildman–Crippen MR) is 177 cm³/mol. The summed E-state index contributed by atoms with van der Waals surface area (Å²) in [6.07, 6.45) is 2.99. The molecule has 12 heteroatoms. The normalized spacial score (nSPS) is 12.9. The van der Waals surface area contributed by atoms with E-state index in [1.165, 1.54) is 0 Å². The van der Waals surface area contributed by atoms with Crippen LogP contribution in [-0.4, -0.2) is 53.3 Å². The number of amides is 3. The number of nitrogen functional groups attached to an aromatic ring is 1. The van der Waals surface area contributed by atoms with Crippen LogP contribution in [0.4, 0.5) is 5.69 Å². The molecule has 1 aromatic heterocycles. The van der Waals surface area contributed by atoms with Gasteiger partial charge in [0, 0.05) is 48.7 Å². The molecule has 12 nitrogen and oxygen atoms in total. The number of hydrogen-bond donors (Lipinski definition) is 8. The first-order chi connectivity index (χ1) is 21.7. The first kappa shape index (κ1) is 32.6. The highest BCUT2D eigenvalue weighted by Crippen LogP contribution is 2.19. The predicted octanol–water partition coefficient (Wildman–Crippen LogP) is 1.20. The second kappa shape index (κ2) is 15.9. The molecule has 4 rings (SSSR count). The van der Waals surface area contributed by atoms with Crippen molar-refractivity contribution in [2.75, 3.05) is 12.3 Å². The summed E-state index contributed by atoms with van der Waals surface area (Å²) in [5.41, 5.74) is 26.8. The van der Waals surface area contributed by atoms with Crippen LogP contribution in [0.3, 0.4) is 0 Å². The van der Waals surface area contributed by atoms with Crippen molar-refractivity contribution in [1.82, 2.24) is 20.9 Å². The van der Waals surface area contributed by atoms with Crippen molar-refractivity contribution in [3.05, 3.63) is 102 Å². The summed E-state index contributed by atoms with van der Waals surface area (Å²) in [5.74, 6) is -1.41. The highest BCUT2D eigenvalue weighted by atomic mass is 16.2. The Morgan fingerprint density at radius 1 is 0.778 bits per heavy atom. The number of aliphatic imine (C=N–C) groups is 1. The summed E-state index contributed by atoms with van der Waals surface area (Å²) in [5, 5.41) is 9.55. The summed E-state index contributed by atoms with van der Waals surface area (Å²) >= 11 is 0. The monoisotopic (exact) mass is 611 g/mol. The molecule has 1 heterocycles. The van der Waals surface area contributed by atoms with Crippen molar-refractivity contribution in [2.24, 2.45) is 22.2 Å². The molecule has 0 saturated carbocycles. The number of fused-ring (bicyclic) bond motifs is 1. The topological polar surface area (TPSA) is 220 Å². The van der Waals surface area contributed by atoms with Crippen LogP contribution >= 0.6 is 0 Å². The van der Waals surface area contributed by atoms with E-state index in [1.54, 1.807) is 12.1 Å².